The Labute approximate surface area is 182 Å². The van der Waals surface area contributed by atoms with Crippen molar-refractivity contribution in [3.63, 3.8) is 0 Å². The number of pyridine rings is 1. The molecule has 1 unspecified atom stereocenters. The molecule has 8 heteroatoms. The maximum Gasteiger partial charge on any atom is 0.248 e. The molecule has 0 fully saturated rings. The van der Waals surface area contributed by atoms with Gasteiger partial charge in [0.25, 0.3) is 0 Å². The normalized spacial score (nSPS) is 11.8. The maximum atomic E-state index is 13.4. The molecule has 2 heterocycles. The average Bonchev–Trinajstić information content (AvgIpc) is 3.10. The van der Waals surface area contributed by atoms with E-state index in [9.17, 15) is 14.3 Å². The third-order valence-electron chi connectivity index (χ3n) is 4.79. The molecule has 0 aliphatic heterocycles. The Kier molecular flexibility index (Phi) is 5.68. The minimum atomic E-state index is -0.977. The van der Waals surface area contributed by atoms with Crippen LogP contribution in [0.1, 0.15) is 10.9 Å². The van der Waals surface area contributed by atoms with E-state index in [1.807, 2.05) is 0 Å². The van der Waals surface area contributed by atoms with E-state index in [-0.39, 0.29) is 11.6 Å². The molecule has 31 heavy (non-hydrogen) atoms. The number of aromatic hydroxyl groups is 1. The molecule has 2 aromatic carbocycles. The number of aryl methyl sites for hydroxylation is 1. The second-order valence-electron chi connectivity index (χ2n) is 6.88. The monoisotopic (exact) mass is 436 g/mol. The number of halogens is 2. The van der Waals surface area contributed by atoms with Gasteiger partial charge in [0.15, 0.2) is 0 Å². The van der Waals surface area contributed by atoms with Gasteiger partial charge in [0, 0.05) is 25.0 Å². The highest BCUT2D eigenvalue weighted by molar-refractivity contribution is 6.32. The molecule has 0 aliphatic rings. The Morgan fingerprint density at radius 2 is 1.68 bits per heavy atom. The Bertz CT molecular complexity index is 1210. The molecule has 6 nitrogen and oxygen atoms in total. The van der Waals surface area contributed by atoms with Gasteiger partial charge in [-0.3, -0.25) is 14.5 Å². The van der Waals surface area contributed by atoms with Crippen LogP contribution in [-0.4, -0.2) is 25.8 Å². The molecule has 2 N–H and O–H groups in total. The molecule has 1 amide bonds. The number of aromatic nitrogens is 3. The molecule has 4 aromatic rings. The molecule has 156 valence electrons. The smallest absolute Gasteiger partial charge is 0.248 e. The zero-order valence-electron chi connectivity index (χ0n) is 16.5. The van der Waals surface area contributed by atoms with Crippen molar-refractivity contribution in [3.8, 4) is 28.1 Å². The van der Waals surface area contributed by atoms with Gasteiger partial charge in [-0.05, 0) is 59.7 Å². The zero-order valence-corrected chi connectivity index (χ0v) is 17.2. The summed E-state index contributed by atoms with van der Waals surface area (Å²) < 4.78 is 15.0. The molecule has 0 saturated heterocycles. The van der Waals surface area contributed by atoms with Crippen molar-refractivity contribution >= 4 is 23.3 Å². The zero-order chi connectivity index (χ0) is 22.0. The van der Waals surface area contributed by atoms with Gasteiger partial charge >= 0.3 is 0 Å². The summed E-state index contributed by atoms with van der Waals surface area (Å²) in [5.41, 5.74) is 3.28. The van der Waals surface area contributed by atoms with Crippen molar-refractivity contribution in [1.29, 1.82) is 0 Å². The summed E-state index contributed by atoms with van der Waals surface area (Å²) in [6, 6.07) is 15.7. The summed E-state index contributed by atoms with van der Waals surface area (Å²) in [5, 5.41) is 15.9. The molecule has 0 saturated carbocycles. The number of hydrogen-bond donors (Lipinski definition) is 2. The lowest BCUT2D eigenvalue weighted by molar-refractivity contribution is -0.116. The SMILES string of the molecule is Cn1nc(-c2ccc(F)cc2)c(-c2ccncc2)c1NC(=O)C(Cl)c1ccc(O)cc1. The maximum absolute atomic E-state index is 13.4. The Balaban J connectivity index is 1.76. The summed E-state index contributed by atoms with van der Waals surface area (Å²) in [5.74, 6) is -0.266. The highest BCUT2D eigenvalue weighted by Gasteiger charge is 2.24. The lowest BCUT2D eigenvalue weighted by Gasteiger charge is -2.13. The number of hydrogen-bond acceptors (Lipinski definition) is 4. The number of rotatable bonds is 5. The number of carbonyl (C=O) groups is 1. The van der Waals surface area contributed by atoms with Crippen LogP contribution in [0.5, 0.6) is 5.75 Å². The van der Waals surface area contributed by atoms with E-state index in [1.165, 1.54) is 24.3 Å². The fourth-order valence-electron chi connectivity index (χ4n) is 3.24. The van der Waals surface area contributed by atoms with Crippen LogP contribution in [0, 0.1) is 5.82 Å². The predicted molar refractivity (Wildman–Crippen MR) is 117 cm³/mol. The first kappa shape index (κ1) is 20.6. The number of carbonyl (C=O) groups excluding carboxylic acids is 1. The number of benzene rings is 2. The molecule has 2 aromatic heterocycles. The van der Waals surface area contributed by atoms with Gasteiger partial charge in [0.2, 0.25) is 5.91 Å². The first-order valence-corrected chi connectivity index (χ1v) is 9.85. The first-order chi connectivity index (χ1) is 14.9. The van der Waals surface area contributed by atoms with E-state index in [0.29, 0.717) is 28.2 Å². The Morgan fingerprint density at radius 1 is 1.03 bits per heavy atom. The third kappa shape index (κ3) is 4.27. The van der Waals surface area contributed by atoms with E-state index in [4.69, 9.17) is 11.6 Å². The summed E-state index contributed by atoms with van der Waals surface area (Å²) in [4.78, 5) is 17.0. The van der Waals surface area contributed by atoms with E-state index in [2.05, 4.69) is 15.4 Å². The van der Waals surface area contributed by atoms with Gasteiger partial charge in [0.1, 0.15) is 28.5 Å². The topological polar surface area (TPSA) is 80.0 Å². The van der Waals surface area contributed by atoms with Gasteiger partial charge in [0.05, 0.1) is 5.56 Å². The van der Waals surface area contributed by atoms with Crippen molar-refractivity contribution in [1.82, 2.24) is 14.8 Å². The summed E-state index contributed by atoms with van der Waals surface area (Å²) in [6.45, 7) is 0. The van der Waals surface area contributed by atoms with Crippen LogP contribution in [0.2, 0.25) is 0 Å². The van der Waals surface area contributed by atoms with Crippen molar-refractivity contribution in [2.24, 2.45) is 7.05 Å². The molecular formula is C23H18ClFN4O2. The number of phenolic OH excluding ortho intramolecular Hbond substituents is 1. The second kappa shape index (κ2) is 8.57. The first-order valence-electron chi connectivity index (χ1n) is 9.41. The standard InChI is InChI=1S/C23H18ClFN4O2/c1-29-22(27-23(31)20(24)15-4-8-18(30)9-5-15)19(14-10-12-26-13-11-14)21(28-29)16-2-6-17(25)7-3-16/h2-13,20,30H,1H3,(H,27,31). The number of phenols is 1. The fourth-order valence-corrected chi connectivity index (χ4v) is 3.44. The number of amides is 1. The quantitative estimate of drug-likeness (QED) is 0.435. The van der Waals surface area contributed by atoms with Gasteiger partial charge in [-0.1, -0.05) is 12.1 Å². The molecule has 0 spiro atoms. The summed E-state index contributed by atoms with van der Waals surface area (Å²) in [7, 11) is 1.71. The van der Waals surface area contributed by atoms with Crippen molar-refractivity contribution in [2.75, 3.05) is 5.32 Å². The van der Waals surface area contributed by atoms with Crippen LogP contribution in [0.25, 0.3) is 22.4 Å². The van der Waals surface area contributed by atoms with Gasteiger partial charge < -0.3 is 10.4 Å². The van der Waals surface area contributed by atoms with Crippen molar-refractivity contribution < 1.29 is 14.3 Å². The third-order valence-corrected chi connectivity index (χ3v) is 5.24. The second-order valence-corrected chi connectivity index (χ2v) is 7.32. The number of anilines is 1. The average molecular weight is 437 g/mol. The Hall–Kier alpha value is -3.71. The van der Waals surface area contributed by atoms with E-state index >= 15 is 0 Å². The van der Waals surface area contributed by atoms with Gasteiger partial charge in [-0.15, -0.1) is 11.6 Å². The number of alkyl halides is 1. The minimum Gasteiger partial charge on any atom is -0.508 e. The van der Waals surface area contributed by atoms with E-state index in [1.54, 1.807) is 60.5 Å². The van der Waals surface area contributed by atoms with Crippen LogP contribution in [-0.2, 0) is 11.8 Å². The minimum absolute atomic E-state index is 0.0866. The molecule has 1 atom stereocenters. The highest BCUT2D eigenvalue weighted by Crippen LogP contribution is 2.38. The summed E-state index contributed by atoms with van der Waals surface area (Å²) in [6.07, 6.45) is 3.28. The fraction of sp³-hybridized carbons (Fsp3) is 0.0870. The number of nitrogens with zero attached hydrogens (tertiary/aromatic N) is 3. The lowest BCUT2D eigenvalue weighted by atomic mass is 10.0. The molecule has 0 radical (unpaired) electrons. The van der Waals surface area contributed by atoms with Gasteiger partial charge in [-0.25, -0.2) is 4.39 Å². The Morgan fingerprint density at radius 3 is 2.32 bits per heavy atom. The van der Waals surface area contributed by atoms with Crippen molar-refractivity contribution in [3.05, 3.63) is 84.4 Å². The molecule has 0 bridgehead atoms. The van der Waals surface area contributed by atoms with Crippen LogP contribution in [0.15, 0.2) is 73.1 Å². The van der Waals surface area contributed by atoms with Crippen LogP contribution in [0.4, 0.5) is 10.2 Å². The summed E-state index contributed by atoms with van der Waals surface area (Å²) >= 11 is 6.38. The van der Waals surface area contributed by atoms with Crippen LogP contribution < -0.4 is 5.32 Å². The van der Waals surface area contributed by atoms with E-state index in [0.717, 1.165) is 5.56 Å². The highest BCUT2D eigenvalue weighted by atomic mass is 35.5. The molecule has 4 rings (SSSR count). The predicted octanol–water partition coefficient (Wildman–Crippen LogP) is 4.91. The van der Waals surface area contributed by atoms with Crippen LogP contribution in [0.3, 0.4) is 0 Å². The lowest BCUT2D eigenvalue weighted by Crippen LogP contribution is -2.19. The van der Waals surface area contributed by atoms with Crippen LogP contribution >= 0.6 is 11.6 Å². The van der Waals surface area contributed by atoms with Gasteiger partial charge in [-0.2, -0.15) is 5.10 Å². The largest absolute Gasteiger partial charge is 0.508 e. The van der Waals surface area contributed by atoms with Crippen molar-refractivity contribution in [2.45, 2.75) is 5.38 Å². The number of nitrogens with one attached hydrogen (secondary N) is 1. The molecular weight excluding hydrogens is 419 g/mol. The van der Waals surface area contributed by atoms with E-state index < -0.39 is 11.3 Å². The molecule has 0 aliphatic carbocycles.